The zero-order chi connectivity index (χ0) is 13.1. The first-order chi connectivity index (χ1) is 8.61. The number of amides is 1. The normalized spacial score (nSPS) is 16.2. The summed E-state index contributed by atoms with van der Waals surface area (Å²) in [6.07, 6.45) is 2.25. The van der Waals surface area contributed by atoms with Crippen molar-refractivity contribution in [3.05, 3.63) is 29.6 Å². The molecule has 0 spiro atoms. The Morgan fingerprint density at radius 3 is 2.94 bits per heavy atom. The first-order valence-corrected chi connectivity index (χ1v) is 5.99. The summed E-state index contributed by atoms with van der Waals surface area (Å²) in [5.74, 6) is 0.0449. The molecule has 1 aromatic carbocycles. The van der Waals surface area contributed by atoms with Crippen molar-refractivity contribution in [2.45, 2.75) is 18.9 Å². The molecular formula is C13H17FN2O2. The molecule has 1 atom stereocenters. The first kappa shape index (κ1) is 12.8. The summed E-state index contributed by atoms with van der Waals surface area (Å²) in [6, 6.07) is 3.83. The van der Waals surface area contributed by atoms with Crippen molar-refractivity contribution in [2.24, 2.45) is 11.7 Å². The zero-order valence-corrected chi connectivity index (χ0v) is 10.3. The molecule has 0 aliphatic heterocycles. The lowest BCUT2D eigenvalue weighted by Gasteiger charge is -2.13. The molecule has 0 saturated heterocycles. The summed E-state index contributed by atoms with van der Waals surface area (Å²) in [5.41, 5.74) is 6.08. The number of methoxy groups -OCH3 is 1. The average molecular weight is 252 g/mol. The minimum Gasteiger partial charge on any atom is -0.496 e. The fraction of sp³-hybridized carbons (Fsp3) is 0.462. The number of hydrogen-bond acceptors (Lipinski definition) is 3. The third kappa shape index (κ3) is 2.98. The lowest BCUT2D eigenvalue weighted by atomic mass is 10.1. The van der Waals surface area contributed by atoms with Crippen molar-refractivity contribution < 1.29 is 13.9 Å². The van der Waals surface area contributed by atoms with Crippen LogP contribution in [0.1, 0.15) is 23.2 Å². The summed E-state index contributed by atoms with van der Waals surface area (Å²) < 4.78 is 18.1. The molecule has 1 aliphatic carbocycles. The molecule has 0 heterocycles. The van der Waals surface area contributed by atoms with Crippen LogP contribution >= 0.6 is 0 Å². The highest BCUT2D eigenvalue weighted by Gasteiger charge is 2.28. The minimum atomic E-state index is -0.465. The second-order valence-corrected chi connectivity index (χ2v) is 4.56. The minimum absolute atomic E-state index is 0.0199. The Bertz CT molecular complexity index is 447. The second kappa shape index (κ2) is 5.35. The van der Waals surface area contributed by atoms with Gasteiger partial charge in [0.1, 0.15) is 11.6 Å². The highest BCUT2D eigenvalue weighted by Crippen LogP contribution is 2.31. The van der Waals surface area contributed by atoms with E-state index >= 15 is 0 Å². The molecule has 2 rings (SSSR count). The molecule has 4 nitrogen and oxygen atoms in total. The van der Waals surface area contributed by atoms with E-state index in [2.05, 4.69) is 5.32 Å². The lowest BCUT2D eigenvalue weighted by molar-refractivity contribution is 0.0946. The predicted octanol–water partition coefficient (Wildman–Crippen LogP) is 1.30. The lowest BCUT2D eigenvalue weighted by Crippen LogP contribution is -2.38. The molecule has 0 bridgehead atoms. The Balaban J connectivity index is 2.00. The fourth-order valence-electron chi connectivity index (χ4n) is 1.85. The number of halogens is 1. The van der Waals surface area contributed by atoms with E-state index < -0.39 is 5.82 Å². The highest BCUT2D eigenvalue weighted by atomic mass is 19.1. The topological polar surface area (TPSA) is 64.3 Å². The van der Waals surface area contributed by atoms with Crippen molar-refractivity contribution in [1.82, 2.24) is 5.32 Å². The molecule has 1 fully saturated rings. The highest BCUT2D eigenvalue weighted by molar-refractivity contribution is 5.96. The van der Waals surface area contributed by atoms with Gasteiger partial charge >= 0.3 is 0 Å². The second-order valence-electron chi connectivity index (χ2n) is 4.56. The van der Waals surface area contributed by atoms with Gasteiger partial charge in [-0.25, -0.2) is 4.39 Å². The van der Waals surface area contributed by atoms with Crippen LogP contribution in [0.15, 0.2) is 18.2 Å². The monoisotopic (exact) mass is 252 g/mol. The van der Waals surface area contributed by atoms with Crippen molar-refractivity contribution in [3.8, 4) is 5.75 Å². The smallest absolute Gasteiger partial charge is 0.255 e. The summed E-state index contributed by atoms with van der Waals surface area (Å²) in [7, 11) is 1.44. The maximum Gasteiger partial charge on any atom is 0.255 e. The maximum absolute atomic E-state index is 13.1. The number of hydrogen-bond donors (Lipinski definition) is 2. The number of ether oxygens (including phenoxy) is 1. The van der Waals surface area contributed by atoms with Crippen LogP contribution < -0.4 is 15.8 Å². The van der Waals surface area contributed by atoms with Gasteiger partial charge in [-0.2, -0.15) is 0 Å². The largest absolute Gasteiger partial charge is 0.496 e. The molecule has 1 amide bonds. The zero-order valence-electron chi connectivity index (χ0n) is 10.3. The van der Waals surface area contributed by atoms with Gasteiger partial charge in [0.15, 0.2) is 0 Å². The van der Waals surface area contributed by atoms with Crippen LogP contribution in [-0.4, -0.2) is 25.6 Å². The Morgan fingerprint density at radius 2 is 2.33 bits per heavy atom. The van der Waals surface area contributed by atoms with Crippen LogP contribution in [-0.2, 0) is 0 Å². The Labute approximate surface area is 105 Å². The fourth-order valence-corrected chi connectivity index (χ4v) is 1.85. The van der Waals surface area contributed by atoms with Gasteiger partial charge in [0.05, 0.1) is 12.7 Å². The van der Waals surface area contributed by atoms with Crippen LogP contribution in [0.5, 0.6) is 5.75 Å². The van der Waals surface area contributed by atoms with Gasteiger partial charge in [0.2, 0.25) is 0 Å². The number of carbonyl (C=O) groups is 1. The molecule has 5 heteroatoms. The van der Waals surface area contributed by atoms with E-state index in [0.29, 0.717) is 18.2 Å². The van der Waals surface area contributed by atoms with Crippen LogP contribution in [0.3, 0.4) is 0 Å². The van der Waals surface area contributed by atoms with Crippen LogP contribution in [0.2, 0.25) is 0 Å². The Morgan fingerprint density at radius 1 is 1.61 bits per heavy atom. The summed E-state index contributed by atoms with van der Waals surface area (Å²) in [5, 5.41) is 2.71. The molecule has 18 heavy (non-hydrogen) atoms. The molecule has 1 aliphatic rings. The quantitative estimate of drug-likeness (QED) is 0.830. The van der Waals surface area contributed by atoms with Gasteiger partial charge in [-0.05, 0) is 37.0 Å². The standard InChI is InChI=1S/C13H17FN2O2/c1-18-12-5-4-9(14)6-10(12)13(17)16-7-11(15)8-2-3-8/h4-6,8,11H,2-3,7,15H2,1H3,(H,16,17). The third-order valence-corrected chi connectivity index (χ3v) is 3.13. The first-order valence-electron chi connectivity index (χ1n) is 5.99. The molecule has 0 radical (unpaired) electrons. The molecule has 1 aromatic rings. The van der Waals surface area contributed by atoms with E-state index in [1.165, 1.54) is 19.2 Å². The van der Waals surface area contributed by atoms with Crippen LogP contribution in [0.25, 0.3) is 0 Å². The Kier molecular flexibility index (Phi) is 3.81. The number of benzene rings is 1. The van der Waals surface area contributed by atoms with E-state index in [1.54, 1.807) is 0 Å². The van der Waals surface area contributed by atoms with E-state index in [-0.39, 0.29) is 17.5 Å². The Hall–Kier alpha value is -1.62. The van der Waals surface area contributed by atoms with Gasteiger partial charge < -0.3 is 15.8 Å². The summed E-state index contributed by atoms with van der Waals surface area (Å²) in [6.45, 7) is 0.406. The number of rotatable bonds is 5. The van der Waals surface area contributed by atoms with Crippen molar-refractivity contribution in [1.29, 1.82) is 0 Å². The van der Waals surface area contributed by atoms with Gasteiger partial charge in [-0.1, -0.05) is 0 Å². The average Bonchev–Trinajstić information content (AvgIpc) is 3.19. The summed E-state index contributed by atoms with van der Waals surface area (Å²) >= 11 is 0. The third-order valence-electron chi connectivity index (χ3n) is 3.13. The van der Waals surface area contributed by atoms with E-state index in [1.807, 2.05) is 0 Å². The SMILES string of the molecule is COc1ccc(F)cc1C(=O)NCC(N)C1CC1. The van der Waals surface area contributed by atoms with Crippen LogP contribution in [0, 0.1) is 11.7 Å². The molecule has 1 saturated carbocycles. The van der Waals surface area contributed by atoms with Crippen molar-refractivity contribution >= 4 is 5.91 Å². The van der Waals surface area contributed by atoms with Gasteiger partial charge in [-0.15, -0.1) is 0 Å². The molecule has 98 valence electrons. The molecule has 0 aromatic heterocycles. The van der Waals surface area contributed by atoms with E-state index in [9.17, 15) is 9.18 Å². The number of carbonyl (C=O) groups excluding carboxylic acids is 1. The van der Waals surface area contributed by atoms with Crippen LogP contribution in [0.4, 0.5) is 4.39 Å². The number of nitrogens with one attached hydrogen (secondary N) is 1. The van der Waals surface area contributed by atoms with E-state index in [0.717, 1.165) is 18.9 Å². The van der Waals surface area contributed by atoms with Gasteiger partial charge in [0.25, 0.3) is 5.91 Å². The molecule has 3 N–H and O–H groups in total. The molecular weight excluding hydrogens is 235 g/mol. The van der Waals surface area contributed by atoms with Gasteiger partial charge in [-0.3, -0.25) is 4.79 Å². The molecule has 1 unspecified atom stereocenters. The predicted molar refractivity (Wildman–Crippen MR) is 66.0 cm³/mol. The van der Waals surface area contributed by atoms with Crippen molar-refractivity contribution in [2.75, 3.05) is 13.7 Å². The van der Waals surface area contributed by atoms with Crippen molar-refractivity contribution in [3.63, 3.8) is 0 Å². The summed E-state index contributed by atoms with van der Waals surface area (Å²) in [4.78, 5) is 11.9. The maximum atomic E-state index is 13.1. The number of nitrogens with two attached hydrogens (primary N) is 1. The van der Waals surface area contributed by atoms with Gasteiger partial charge in [0, 0.05) is 12.6 Å². The van der Waals surface area contributed by atoms with E-state index in [4.69, 9.17) is 10.5 Å².